The highest BCUT2D eigenvalue weighted by atomic mass is 16.1. The Labute approximate surface area is 92.0 Å². The minimum Gasteiger partial charge on any atom is -0.369 e. The van der Waals surface area contributed by atoms with E-state index >= 15 is 0 Å². The quantitative estimate of drug-likeness (QED) is 0.690. The van der Waals surface area contributed by atoms with Crippen molar-refractivity contribution in [3.05, 3.63) is 0 Å². The third kappa shape index (κ3) is 4.62. The van der Waals surface area contributed by atoms with Crippen LogP contribution in [0, 0.1) is 5.92 Å². The highest BCUT2D eigenvalue weighted by molar-refractivity contribution is 5.75. The van der Waals surface area contributed by atoms with E-state index in [0.29, 0.717) is 12.5 Å². The Morgan fingerprint density at radius 3 is 2.80 bits per heavy atom. The summed E-state index contributed by atoms with van der Waals surface area (Å²) < 4.78 is 0. The minimum absolute atomic E-state index is 0.208. The molecule has 0 aromatic heterocycles. The highest BCUT2D eigenvalue weighted by Crippen LogP contribution is 2.20. The number of hydrogen-bond donors (Lipinski definition) is 2. The van der Waals surface area contributed by atoms with Crippen LogP contribution in [0.25, 0.3) is 0 Å². The van der Waals surface area contributed by atoms with Crippen molar-refractivity contribution in [2.75, 3.05) is 19.6 Å². The molecule has 1 amide bonds. The molecule has 1 rings (SSSR count). The lowest BCUT2D eigenvalue weighted by Gasteiger charge is -2.35. The molecular formula is C11H23N3O. The molecule has 88 valence electrons. The third-order valence-corrected chi connectivity index (χ3v) is 2.99. The fraction of sp³-hybridized carbons (Fsp3) is 0.909. The summed E-state index contributed by atoms with van der Waals surface area (Å²) in [6.45, 7) is 4.35. The standard InChI is InChI=1S/C11H23N3O/c1-2-3-4-9-5-10(12)7-14(6-9)8-11(13)15/h9-10H,2-8,12H2,1H3,(H2,13,15). The van der Waals surface area contributed by atoms with Crippen LogP contribution < -0.4 is 11.5 Å². The first-order valence-electron chi connectivity index (χ1n) is 5.88. The highest BCUT2D eigenvalue weighted by Gasteiger charge is 2.25. The SMILES string of the molecule is CCCCC1CC(N)CN(CC(N)=O)C1. The molecule has 0 bridgehead atoms. The number of primary amides is 1. The molecule has 4 N–H and O–H groups in total. The van der Waals surface area contributed by atoms with Gasteiger partial charge in [-0.3, -0.25) is 9.69 Å². The summed E-state index contributed by atoms with van der Waals surface area (Å²) >= 11 is 0. The molecule has 15 heavy (non-hydrogen) atoms. The number of hydrogen-bond acceptors (Lipinski definition) is 3. The molecule has 0 radical (unpaired) electrons. The van der Waals surface area contributed by atoms with Crippen molar-refractivity contribution in [2.24, 2.45) is 17.4 Å². The Kier molecular flexibility index (Phi) is 5.05. The summed E-state index contributed by atoms with van der Waals surface area (Å²) in [7, 11) is 0. The minimum atomic E-state index is -0.252. The summed E-state index contributed by atoms with van der Waals surface area (Å²) in [5.74, 6) is 0.395. The Morgan fingerprint density at radius 2 is 2.20 bits per heavy atom. The molecule has 2 atom stereocenters. The van der Waals surface area contributed by atoms with Crippen LogP contribution in [-0.4, -0.2) is 36.5 Å². The van der Waals surface area contributed by atoms with Crippen molar-refractivity contribution >= 4 is 5.91 Å². The van der Waals surface area contributed by atoms with Gasteiger partial charge in [-0.25, -0.2) is 0 Å². The van der Waals surface area contributed by atoms with E-state index in [-0.39, 0.29) is 11.9 Å². The monoisotopic (exact) mass is 213 g/mol. The number of nitrogens with zero attached hydrogens (tertiary/aromatic N) is 1. The van der Waals surface area contributed by atoms with Gasteiger partial charge in [0.25, 0.3) is 0 Å². The Bertz CT molecular complexity index is 208. The van der Waals surface area contributed by atoms with E-state index in [1.807, 2.05) is 0 Å². The molecular weight excluding hydrogens is 190 g/mol. The molecule has 1 aliphatic heterocycles. The summed E-state index contributed by atoms with van der Waals surface area (Å²) in [4.78, 5) is 12.9. The number of likely N-dealkylation sites (tertiary alicyclic amines) is 1. The predicted molar refractivity (Wildman–Crippen MR) is 61.2 cm³/mol. The van der Waals surface area contributed by atoms with Gasteiger partial charge in [0.05, 0.1) is 6.54 Å². The van der Waals surface area contributed by atoms with Crippen LogP contribution >= 0.6 is 0 Å². The maximum absolute atomic E-state index is 10.8. The number of unbranched alkanes of at least 4 members (excludes halogenated alkanes) is 1. The zero-order valence-electron chi connectivity index (χ0n) is 9.61. The van der Waals surface area contributed by atoms with Gasteiger partial charge < -0.3 is 11.5 Å². The van der Waals surface area contributed by atoms with Crippen LogP contribution in [0.2, 0.25) is 0 Å². The first kappa shape index (κ1) is 12.5. The largest absolute Gasteiger partial charge is 0.369 e. The molecule has 4 nitrogen and oxygen atoms in total. The molecule has 2 unspecified atom stereocenters. The van der Waals surface area contributed by atoms with Gasteiger partial charge in [-0.05, 0) is 18.8 Å². The fourth-order valence-corrected chi connectivity index (χ4v) is 2.40. The average molecular weight is 213 g/mol. The number of piperidine rings is 1. The van der Waals surface area contributed by atoms with E-state index in [0.717, 1.165) is 19.5 Å². The van der Waals surface area contributed by atoms with E-state index in [2.05, 4.69) is 11.8 Å². The van der Waals surface area contributed by atoms with E-state index in [9.17, 15) is 4.79 Å². The Morgan fingerprint density at radius 1 is 1.47 bits per heavy atom. The van der Waals surface area contributed by atoms with Crippen LogP contribution in [0.5, 0.6) is 0 Å². The number of rotatable bonds is 5. The first-order chi connectivity index (χ1) is 7.11. The Balaban J connectivity index is 2.37. The number of amides is 1. The summed E-state index contributed by atoms with van der Waals surface area (Å²) in [6, 6.07) is 0.208. The summed E-state index contributed by atoms with van der Waals surface area (Å²) in [5, 5.41) is 0. The maximum Gasteiger partial charge on any atom is 0.231 e. The third-order valence-electron chi connectivity index (χ3n) is 2.99. The fourth-order valence-electron chi connectivity index (χ4n) is 2.40. The summed E-state index contributed by atoms with van der Waals surface area (Å²) in [5.41, 5.74) is 11.2. The van der Waals surface area contributed by atoms with Crippen molar-refractivity contribution in [3.63, 3.8) is 0 Å². The molecule has 0 saturated carbocycles. The van der Waals surface area contributed by atoms with Gasteiger partial charge in [-0.15, -0.1) is 0 Å². The maximum atomic E-state index is 10.8. The molecule has 0 aromatic rings. The van der Waals surface area contributed by atoms with Crippen molar-refractivity contribution in [1.82, 2.24) is 4.90 Å². The van der Waals surface area contributed by atoms with Crippen molar-refractivity contribution in [3.8, 4) is 0 Å². The van der Waals surface area contributed by atoms with E-state index in [4.69, 9.17) is 11.5 Å². The molecule has 4 heteroatoms. The lowest BCUT2D eigenvalue weighted by molar-refractivity contribution is -0.119. The molecule has 1 saturated heterocycles. The molecule has 0 aliphatic carbocycles. The normalized spacial score (nSPS) is 27.9. The van der Waals surface area contributed by atoms with Gasteiger partial charge in [0, 0.05) is 19.1 Å². The zero-order chi connectivity index (χ0) is 11.3. The average Bonchev–Trinajstić information content (AvgIpc) is 2.12. The van der Waals surface area contributed by atoms with Gasteiger partial charge in [0.2, 0.25) is 5.91 Å². The van der Waals surface area contributed by atoms with Crippen molar-refractivity contribution in [2.45, 2.75) is 38.6 Å². The Hall–Kier alpha value is -0.610. The summed E-state index contributed by atoms with van der Waals surface area (Å²) in [6.07, 6.45) is 4.79. The second kappa shape index (κ2) is 6.08. The molecule has 0 aromatic carbocycles. The molecule has 0 spiro atoms. The smallest absolute Gasteiger partial charge is 0.231 e. The zero-order valence-corrected chi connectivity index (χ0v) is 9.61. The number of carbonyl (C=O) groups excluding carboxylic acids is 1. The van der Waals surface area contributed by atoms with Gasteiger partial charge >= 0.3 is 0 Å². The van der Waals surface area contributed by atoms with Crippen LogP contribution in [0.15, 0.2) is 0 Å². The van der Waals surface area contributed by atoms with Crippen LogP contribution in [0.4, 0.5) is 0 Å². The van der Waals surface area contributed by atoms with Crippen LogP contribution in [0.1, 0.15) is 32.6 Å². The predicted octanol–water partition coefficient (Wildman–Crippen LogP) is 0.311. The second-order valence-corrected chi connectivity index (χ2v) is 4.66. The van der Waals surface area contributed by atoms with E-state index in [1.165, 1.54) is 19.3 Å². The number of carbonyl (C=O) groups is 1. The van der Waals surface area contributed by atoms with Gasteiger partial charge in [-0.2, -0.15) is 0 Å². The second-order valence-electron chi connectivity index (χ2n) is 4.66. The molecule has 1 heterocycles. The molecule has 1 aliphatic rings. The van der Waals surface area contributed by atoms with E-state index < -0.39 is 0 Å². The van der Waals surface area contributed by atoms with Gasteiger partial charge in [0.1, 0.15) is 0 Å². The van der Waals surface area contributed by atoms with Crippen molar-refractivity contribution < 1.29 is 4.79 Å². The van der Waals surface area contributed by atoms with Gasteiger partial charge in [0.15, 0.2) is 0 Å². The first-order valence-corrected chi connectivity index (χ1v) is 5.88. The van der Waals surface area contributed by atoms with E-state index in [1.54, 1.807) is 0 Å². The number of nitrogens with two attached hydrogens (primary N) is 2. The van der Waals surface area contributed by atoms with Crippen molar-refractivity contribution in [1.29, 1.82) is 0 Å². The van der Waals surface area contributed by atoms with Gasteiger partial charge in [-0.1, -0.05) is 19.8 Å². The lowest BCUT2D eigenvalue weighted by Crippen LogP contribution is -2.49. The van der Waals surface area contributed by atoms with Crippen LogP contribution in [-0.2, 0) is 4.79 Å². The topological polar surface area (TPSA) is 72.3 Å². The molecule has 1 fully saturated rings. The van der Waals surface area contributed by atoms with Crippen LogP contribution in [0.3, 0.4) is 0 Å². The lowest BCUT2D eigenvalue weighted by atomic mass is 9.90.